The number of aryl methyl sites for hydroxylation is 2. The monoisotopic (exact) mass is 575 g/mol. The van der Waals surface area contributed by atoms with Gasteiger partial charge in [-0.1, -0.05) is 123 Å². The number of carbonyl (C=O) groups is 2. The molecule has 0 aromatic heterocycles. The van der Waals surface area contributed by atoms with Crippen LogP contribution >= 0.6 is 0 Å². The summed E-state index contributed by atoms with van der Waals surface area (Å²) in [5.74, 6) is -0.725. The maximum Gasteiger partial charge on any atom is 0.306 e. The van der Waals surface area contributed by atoms with Crippen molar-refractivity contribution >= 4 is 11.9 Å². The molecule has 6 rings (SSSR count). The third kappa shape index (κ3) is 9.95. The first-order valence-electron chi connectivity index (χ1n) is 15.6. The minimum absolute atomic E-state index is 0.0395. The van der Waals surface area contributed by atoms with Gasteiger partial charge < -0.3 is 10.0 Å². The second-order valence-electron chi connectivity index (χ2n) is 11.8. The quantitative estimate of drug-likeness (QED) is 0.254. The number of hydrogen-bond donors (Lipinski definition) is 1. The highest BCUT2D eigenvalue weighted by molar-refractivity contribution is 5.79. The Balaban J connectivity index is 0.000000162. The summed E-state index contributed by atoms with van der Waals surface area (Å²) in [4.78, 5) is 25.2. The van der Waals surface area contributed by atoms with Crippen LogP contribution in [-0.4, -0.2) is 28.4 Å². The van der Waals surface area contributed by atoms with E-state index < -0.39 is 5.97 Å². The van der Waals surface area contributed by atoms with Crippen LogP contribution in [0.4, 0.5) is 0 Å². The van der Waals surface area contributed by atoms with Gasteiger partial charge >= 0.3 is 5.97 Å². The van der Waals surface area contributed by atoms with E-state index >= 15 is 0 Å². The number of fused-ring (bicyclic) bond motifs is 2. The summed E-state index contributed by atoms with van der Waals surface area (Å²) < 4.78 is 0. The number of carboxylic acids is 1. The molecule has 1 aliphatic heterocycles. The Bertz CT molecular complexity index is 1410. The van der Waals surface area contributed by atoms with E-state index in [0.29, 0.717) is 6.42 Å². The summed E-state index contributed by atoms with van der Waals surface area (Å²) in [5.41, 5.74) is 8.15. The average Bonchev–Trinajstić information content (AvgIpc) is 3.05. The van der Waals surface area contributed by atoms with Gasteiger partial charge in [0.1, 0.15) is 0 Å². The predicted octanol–water partition coefficient (Wildman–Crippen LogP) is 7.97. The summed E-state index contributed by atoms with van der Waals surface area (Å²) in [6.07, 6.45) is 7.77. The van der Waals surface area contributed by atoms with Gasteiger partial charge in [0, 0.05) is 19.0 Å². The number of carboxylic acid groups (broad SMARTS) is 1. The lowest BCUT2D eigenvalue weighted by Crippen LogP contribution is -2.39. The molecule has 0 spiro atoms. The summed E-state index contributed by atoms with van der Waals surface area (Å²) in [6.45, 7) is 5.36. The van der Waals surface area contributed by atoms with Gasteiger partial charge in [-0.3, -0.25) is 9.59 Å². The van der Waals surface area contributed by atoms with E-state index in [-0.39, 0.29) is 17.7 Å². The minimum atomic E-state index is -0.737. The SMILES string of the molecule is C[C@@H](Cc1ccccc1)C(=O)N1CCc2ccccc2C1.C[C@@H](Cc1ccccc1)C(=O)O.c1ccc2c(c1)CCCC2. The Kier molecular flexibility index (Phi) is 12.1. The molecule has 43 heavy (non-hydrogen) atoms. The van der Waals surface area contributed by atoms with Gasteiger partial charge in [0.05, 0.1) is 5.92 Å². The summed E-state index contributed by atoms with van der Waals surface area (Å²) in [6, 6.07) is 37.2. The number of rotatable bonds is 6. The molecular formula is C39H45NO3. The molecule has 0 saturated carbocycles. The fourth-order valence-electron chi connectivity index (χ4n) is 5.78. The van der Waals surface area contributed by atoms with Gasteiger partial charge in [-0.2, -0.15) is 0 Å². The maximum absolute atomic E-state index is 12.6. The molecule has 2 atom stereocenters. The highest BCUT2D eigenvalue weighted by Gasteiger charge is 2.24. The largest absolute Gasteiger partial charge is 0.481 e. The van der Waals surface area contributed by atoms with Crippen LogP contribution in [0.5, 0.6) is 0 Å². The lowest BCUT2D eigenvalue weighted by Gasteiger charge is -2.31. The fraction of sp³-hybridized carbons (Fsp3) is 0.333. The number of aliphatic carboxylic acids is 1. The maximum atomic E-state index is 12.6. The molecule has 0 fully saturated rings. The molecule has 4 aromatic rings. The molecule has 4 heteroatoms. The molecule has 1 N–H and O–H groups in total. The van der Waals surface area contributed by atoms with E-state index in [9.17, 15) is 9.59 Å². The zero-order valence-electron chi connectivity index (χ0n) is 25.6. The summed E-state index contributed by atoms with van der Waals surface area (Å²) in [7, 11) is 0. The van der Waals surface area contributed by atoms with Crippen LogP contribution in [-0.2, 0) is 48.2 Å². The van der Waals surface area contributed by atoms with Crippen molar-refractivity contribution in [2.75, 3.05) is 6.54 Å². The Labute approximate surface area is 257 Å². The van der Waals surface area contributed by atoms with Crippen LogP contribution < -0.4 is 0 Å². The van der Waals surface area contributed by atoms with E-state index in [1.54, 1.807) is 18.1 Å². The third-order valence-corrected chi connectivity index (χ3v) is 8.32. The molecule has 0 saturated heterocycles. The number of amides is 1. The Hall–Kier alpha value is -4.18. The van der Waals surface area contributed by atoms with Crippen LogP contribution in [0.1, 0.15) is 60.1 Å². The zero-order chi connectivity index (χ0) is 30.4. The van der Waals surface area contributed by atoms with Gasteiger partial charge in [-0.25, -0.2) is 0 Å². The van der Waals surface area contributed by atoms with Gasteiger partial charge in [-0.05, 0) is 78.3 Å². The van der Waals surface area contributed by atoms with Crippen molar-refractivity contribution in [1.29, 1.82) is 0 Å². The van der Waals surface area contributed by atoms with Crippen molar-refractivity contribution in [1.82, 2.24) is 4.90 Å². The van der Waals surface area contributed by atoms with E-state index in [0.717, 1.165) is 31.5 Å². The van der Waals surface area contributed by atoms with E-state index in [2.05, 4.69) is 60.7 Å². The molecule has 1 aliphatic carbocycles. The standard InChI is InChI=1S/C19H21NO.C10H12O2.C10H12/c1-15(13-16-7-3-2-4-8-16)19(21)20-12-11-17-9-5-6-10-18(17)14-20;1-8(10(11)12)7-9-5-3-2-4-6-9;1-2-6-10-8-4-3-7-9(10)5-1/h2-10,15H,11-14H2,1H3;2-6,8H,7H2,1H3,(H,11,12);1-2,5-6H,3-4,7-8H2/t15-;8-;/m00./s1. The molecule has 224 valence electrons. The molecule has 4 aromatic carbocycles. The molecule has 0 bridgehead atoms. The number of nitrogens with zero attached hydrogens (tertiary/aromatic N) is 1. The van der Waals surface area contributed by atoms with E-state index in [1.807, 2.05) is 60.4 Å². The Morgan fingerprint density at radius 2 is 1.02 bits per heavy atom. The number of hydrogen-bond acceptors (Lipinski definition) is 2. The fourth-order valence-corrected chi connectivity index (χ4v) is 5.78. The zero-order valence-corrected chi connectivity index (χ0v) is 25.6. The first-order valence-corrected chi connectivity index (χ1v) is 15.6. The average molecular weight is 576 g/mol. The smallest absolute Gasteiger partial charge is 0.306 e. The van der Waals surface area contributed by atoms with Crippen molar-refractivity contribution in [2.24, 2.45) is 11.8 Å². The normalized spacial score (nSPS) is 14.8. The number of carbonyl (C=O) groups excluding carboxylic acids is 1. The summed E-state index contributed by atoms with van der Waals surface area (Å²) >= 11 is 0. The van der Waals surface area contributed by atoms with Crippen LogP contribution in [0.3, 0.4) is 0 Å². The van der Waals surface area contributed by atoms with Crippen LogP contribution in [0.15, 0.2) is 109 Å². The van der Waals surface area contributed by atoms with Crippen molar-refractivity contribution in [2.45, 2.75) is 65.3 Å². The lowest BCUT2D eigenvalue weighted by molar-refractivity contribution is -0.141. The molecule has 0 unspecified atom stereocenters. The van der Waals surface area contributed by atoms with E-state index in [1.165, 1.54) is 42.4 Å². The van der Waals surface area contributed by atoms with Gasteiger partial charge in [0.25, 0.3) is 0 Å². The van der Waals surface area contributed by atoms with Crippen molar-refractivity contribution < 1.29 is 14.7 Å². The molecule has 1 heterocycles. The van der Waals surface area contributed by atoms with Crippen LogP contribution in [0.25, 0.3) is 0 Å². The topological polar surface area (TPSA) is 57.6 Å². The third-order valence-electron chi connectivity index (χ3n) is 8.32. The van der Waals surface area contributed by atoms with E-state index in [4.69, 9.17) is 5.11 Å². The minimum Gasteiger partial charge on any atom is -0.481 e. The Morgan fingerprint density at radius 1 is 0.605 bits per heavy atom. The van der Waals surface area contributed by atoms with Crippen molar-refractivity contribution in [3.63, 3.8) is 0 Å². The molecular weight excluding hydrogens is 530 g/mol. The van der Waals surface area contributed by atoms with Gasteiger partial charge in [-0.15, -0.1) is 0 Å². The van der Waals surface area contributed by atoms with Gasteiger partial charge in [0.15, 0.2) is 0 Å². The second kappa shape index (κ2) is 16.5. The van der Waals surface area contributed by atoms with Crippen LogP contribution in [0.2, 0.25) is 0 Å². The Morgan fingerprint density at radius 3 is 1.51 bits per heavy atom. The molecule has 0 radical (unpaired) electrons. The number of benzene rings is 4. The second-order valence-corrected chi connectivity index (χ2v) is 11.8. The predicted molar refractivity (Wildman–Crippen MR) is 175 cm³/mol. The highest BCUT2D eigenvalue weighted by Crippen LogP contribution is 2.22. The van der Waals surface area contributed by atoms with Crippen molar-refractivity contribution in [3.8, 4) is 0 Å². The molecule has 2 aliphatic rings. The first-order chi connectivity index (χ1) is 20.9. The summed E-state index contributed by atoms with van der Waals surface area (Å²) in [5, 5.41) is 8.64. The first kappa shape index (κ1) is 31.7. The van der Waals surface area contributed by atoms with Gasteiger partial charge in [0.2, 0.25) is 5.91 Å². The van der Waals surface area contributed by atoms with Crippen LogP contribution in [0, 0.1) is 11.8 Å². The molecule has 1 amide bonds. The lowest BCUT2D eigenvalue weighted by atomic mass is 9.92. The highest BCUT2D eigenvalue weighted by atomic mass is 16.4. The molecule has 4 nitrogen and oxygen atoms in total. The van der Waals surface area contributed by atoms with Crippen molar-refractivity contribution in [3.05, 3.63) is 143 Å².